The van der Waals surface area contributed by atoms with Crippen molar-refractivity contribution in [3.8, 4) is 5.75 Å². The van der Waals surface area contributed by atoms with Crippen LogP contribution in [0.4, 0.5) is 0 Å². The van der Waals surface area contributed by atoms with Crippen LogP contribution in [-0.2, 0) is 19.6 Å². The minimum Gasteiger partial charge on any atom is -0.478 e. The summed E-state index contributed by atoms with van der Waals surface area (Å²) in [5.41, 5.74) is -1.39. The third-order valence-electron chi connectivity index (χ3n) is 3.86. The van der Waals surface area contributed by atoms with E-state index in [-0.39, 0.29) is 38.4 Å². The minimum atomic E-state index is -3.45. The van der Waals surface area contributed by atoms with Crippen LogP contribution in [0.3, 0.4) is 0 Å². The molecule has 24 heavy (non-hydrogen) atoms. The van der Waals surface area contributed by atoms with E-state index in [4.69, 9.17) is 4.74 Å². The number of carboxylic acids is 1. The number of benzene rings is 1. The number of nitrogens with zero attached hydrogens (tertiary/aromatic N) is 1. The fraction of sp³-hybridized carbons (Fsp3) is 0.467. The smallest absolute Gasteiger partial charge is 0.348 e. The molecule has 0 saturated carbocycles. The van der Waals surface area contributed by atoms with Gasteiger partial charge >= 0.3 is 5.97 Å². The van der Waals surface area contributed by atoms with Gasteiger partial charge in [0.2, 0.25) is 21.5 Å². The highest BCUT2D eigenvalue weighted by atomic mass is 32.2. The van der Waals surface area contributed by atoms with Gasteiger partial charge in [0.1, 0.15) is 5.75 Å². The number of hydrogen-bond acceptors (Lipinski definition) is 5. The lowest BCUT2D eigenvalue weighted by molar-refractivity contribution is -0.161. The van der Waals surface area contributed by atoms with E-state index in [0.29, 0.717) is 5.75 Å². The molecule has 1 aromatic carbocycles. The second-order valence-corrected chi connectivity index (χ2v) is 7.52. The highest BCUT2D eigenvalue weighted by Gasteiger charge is 2.44. The lowest BCUT2D eigenvalue weighted by Gasteiger charge is -2.38. The van der Waals surface area contributed by atoms with E-state index >= 15 is 0 Å². The first-order chi connectivity index (χ1) is 11.2. The molecule has 0 atom stereocenters. The maximum Gasteiger partial charge on any atom is 0.348 e. The Labute approximate surface area is 140 Å². The maximum absolute atomic E-state index is 12.0. The van der Waals surface area contributed by atoms with E-state index in [0.717, 1.165) is 6.26 Å². The number of likely N-dealkylation sites (tertiary alicyclic amines) is 1. The zero-order valence-corrected chi connectivity index (χ0v) is 14.1. The number of sulfonamides is 1. The number of amides is 1. The average molecular weight is 356 g/mol. The molecule has 0 bridgehead atoms. The van der Waals surface area contributed by atoms with E-state index in [9.17, 15) is 23.1 Å². The molecule has 1 aliphatic heterocycles. The van der Waals surface area contributed by atoms with Crippen molar-refractivity contribution >= 4 is 21.9 Å². The van der Waals surface area contributed by atoms with Crippen LogP contribution >= 0.6 is 0 Å². The predicted octanol–water partition coefficient (Wildman–Crippen LogP) is 0.0604. The minimum absolute atomic E-state index is 0.127. The zero-order chi connectivity index (χ0) is 17.8. The van der Waals surface area contributed by atoms with Crippen molar-refractivity contribution in [1.82, 2.24) is 9.62 Å². The molecule has 132 valence electrons. The Bertz CT molecular complexity index is 696. The average Bonchev–Trinajstić information content (AvgIpc) is 2.53. The lowest BCUT2D eigenvalue weighted by atomic mass is 9.91. The second-order valence-electron chi connectivity index (χ2n) is 5.69. The highest BCUT2D eigenvalue weighted by Crippen LogP contribution is 2.29. The molecule has 1 fully saturated rings. The third kappa shape index (κ3) is 4.68. The van der Waals surface area contributed by atoms with Crippen molar-refractivity contribution in [2.75, 3.05) is 25.9 Å². The number of hydrogen-bond donors (Lipinski definition) is 2. The molecule has 1 heterocycles. The van der Waals surface area contributed by atoms with Crippen LogP contribution in [-0.4, -0.2) is 61.8 Å². The summed E-state index contributed by atoms with van der Waals surface area (Å²) in [6, 6.07) is 8.66. The molecule has 2 N–H and O–H groups in total. The molecule has 0 spiro atoms. The molecule has 0 radical (unpaired) electrons. The molecular formula is C15H20N2O6S. The number of carboxylic acid groups (broad SMARTS) is 1. The maximum atomic E-state index is 12.0. The molecular weight excluding hydrogens is 336 g/mol. The Hall–Kier alpha value is -2.13. The SMILES string of the molecule is CS(=O)(=O)NCC(=O)N1CCC(Oc2ccccc2)(C(=O)O)CC1. The van der Waals surface area contributed by atoms with Crippen LogP contribution in [0.15, 0.2) is 30.3 Å². The summed E-state index contributed by atoms with van der Waals surface area (Å²) >= 11 is 0. The van der Waals surface area contributed by atoms with E-state index in [1.807, 2.05) is 0 Å². The number of piperidine rings is 1. The van der Waals surface area contributed by atoms with Crippen LogP contribution in [0.5, 0.6) is 5.75 Å². The highest BCUT2D eigenvalue weighted by molar-refractivity contribution is 7.88. The first-order valence-electron chi connectivity index (χ1n) is 7.42. The van der Waals surface area contributed by atoms with Gasteiger partial charge in [-0.15, -0.1) is 0 Å². The van der Waals surface area contributed by atoms with Crippen molar-refractivity contribution in [2.24, 2.45) is 0 Å². The van der Waals surface area contributed by atoms with Gasteiger partial charge in [-0.05, 0) is 12.1 Å². The van der Waals surface area contributed by atoms with Gasteiger partial charge in [0.05, 0.1) is 12.8 Å². The molecule has 0 unspecified atom stereocenters. The molecule has 0 aliphatic carbocycles. The van der Waals surface area contributed by atoms with Crippen molar-refractivity contribution in [2.45, 2.75) is 18.4 Å². The molecule has 9 heteroatoms. The number of para-hydroxylation sites is 1. The number of rotatable bonds is 6. The van der Waals surface area contributed by atoms with Gasteiger partial charge in [-0.25, -0.2) is 17.9 Å². The number of nitrogens with one attached hydrogen (secondary N) is 1. The number of ether oxygens (including phenoxy) is 1. The van der Waals surface area contributed by atoms with Crippen LogP contribution in [0.1, 0.15) is 12.8 Å². The monoisotopic (exact) mass is 356 g/mol. The fourth-order valence-electron chi connectivity index (χ4n) is 2.50. The van der Waals surface area contributed by atoms with Crippen LogP contribution in [0, 0.1) is 0 Å². The van der Waals surface area contributed by atoms with Gasteiger partial charge in [-0.3, -0.25) is 4.79 Å². The van der Waals surface area contributed by atoms with Gasteiger partial charge in [0, 0.05) is 25.9 Å². The van der Waals surface area contributed by atoms with Crippen molar-refractivity contribution in [3.63, 3.8) is 0 Å². The van der Waals surface area contributed by atoms with E-state index < -0.39 is 21.6 Å². The molecule has 1 amide bonds. The zero-order valence-electron chi connectivity index (χ0n) is 13.3. The van der Waals surface area contributed by atoms with Crippen molar-refractivity contribution in [1.29, 1.82) is 0 Å². The van der Waals surface area contributed by atoms with Crippen LogP contribution in [0.25, 0.3) is 0 Å². The van der Waals surface area contributed by atoms with Crippen molar-refractivity contribution in [3.05, 3.63) is 30.3 Å². The summed E-state index contributed by atoms with van der Waals surface area (Å²) in [6.45, 7) is 0.0330. The largest absolute Gasteiger partial charge is 0.478 e. The predicted molar refractivity (Wildman–Crippen MR) is 86.1 cm³/mol. The van der Waals surface area contributed by atoms with Gasteiger partial charge in [0.15, 0.2) is 0 Å². The Morgan fingerprint density at radius 3 is 2.33 bits per heavy atom. The Balaban J connectivity index is 1.99. The van der Waals surface area contributed by atoms with Gasteiger partial charge in [-0.2, -0.15) is 0 Å². The Morgan fingerprint density at radius 2 is 1.83 bits per heavy atom. The summed E-state index contributed by atoms with van der Waals surface area (Å²) in [5, 5.41) is 9.56. The third-order valence-corrected chi connectivity index (χ3v) is 4.52. The standard InChI is InChI=1S/C15H20N2O6S/c1-24(21,22)16-11-13(18)17-9-7-15(8-10-17,14(19)20)23-12-5-3-2-4-6-12/h2-6,16H,7-11H2,1H3,(H,19,20). The topological polar surface area (TPSA) is 113 Å². The second kappa shape index (κ2) is 7.18. The molecule has 8 nitrogen and oxygen atoms in total. The summed E-state index contributed by atoms with van der Waals surface area (Å²) < 4.78 is 29.9. The van der Waals surface area contributed by atoms with Gasteiger partial charge in [-0.1, -0.05) is 18.2 Å². The number of aliphatic carboxylic acids is 1. The molecule has 2 rings (SSSR count). The molecule has 1 aliphatic rings. The summed E-state index contributed by atoms with van der Waals surface area (Å²) in [6.07, 6.45) is 1.23. The molecule has 1 saturated heterocycles. The quantitative estimate of drug-likeness (QED) is 0.745. The van der Waals surface area contributed by atoms with Crippen molar-refractivity contribution < 1.29 is 27.9 Å². The summed E-state index contributed by atoms with van der Waals surface area (Å²) in [7, 11) is -3.45. The van der Waals surface area contributed by atoms with E-state index in [2.05, 4.69) is 4.72 Å². The number of carbonyl (C=O) groups excluding carboxylic acids is 1. The number of carbonyl (C=O) groups is 2. The summed E-state index contributed by atoms with van der Waals surface area (Å²) in [5.74, 6) is -1.01. The fourth-order valence-corrected chi connectivity index (χ4v) is 2.88. The molecule has 1 aromatic rings. The van der Waals surface area contributed by atoms with Crippen LogP contribution in [0.2, 0.25) is 0 Å². The molecule has 0 aromatic heterocycles. The first kappa shape index (κ1) is 18.2. The van der Waals surface area contributed by atoms with Crippen LogP contribution < -0.4 is 9.46 Å². The van der Waals surface area contributed by atoms with E-state index in [1.54, 1.807) is 30.3 Å². The van der Waals surface area contributed by atoms with E-state index in [1.165, 1.54) is 4.90 Å². The summed E-state index contributed by atoms with van der Waals surface area (Å²) in [4.78, 5) is 25.1. The Morgan fingerprint density at radius 1 is 1.25 bits per heavy atom. The Kier molecular flexibility index (Phi) is 5.45. The van der Waals surface area contributed by atoms with Gasteiger partial charge < -0.3 is 14.7 Å². The normalized spacial score (nSPS) is 17.3. The van der Waals surface area contributed by atoms with Gasteiger partial charge in [0.25, 0.3) is 0 Å². The lowest BCUT2D eigenvalue weighted by Crippen LogP contribution is -2.55. The first-order valence-corrected chi connectivity index (χ1v) is 9.31.